The number of amides is 1. The Morgan fingerprint density at radius 2 is 2.03 bits per heavy atom. The minimum atomic E-state index is -0.578. The molecule has 0 aliphatic carbocycles. The number of carbonyl (C=O) groups excluding carboxylic acids is 1. The summed E-state index contributed by atoms with van der Waals surface area (Å²) in [7, 11) is 1.50. The van der Waals surface area contributed by atoms with Crippen LogP contribution in [0.5, 0.6) is 11.5 Å². The highest BCUT2D eigenvalue weighted by Crippen LogP contribution is 2.37. The van der Waals surface area contributed by atoms with Crippen molar-refractivity contribution in [3.8, 4) is 17.6 Å². The molecule has 0 atom stereocenters. The summed E-state index contributed by atoms with van der Waals surface area (Å²) in [4.78, 5) is 14.8. The van der Waals surface area contributed by atoms with Gasteiger partial charge in [0.2, 0.25) is 10.3 Å². The lowest BCUT2D eigenvalue weighted by molar-refractivity contribution is -0.112. The number of nitriles is 1. The van der Waals surface area contributed by atoms with Gasteiger partial charge >= 0.3 is 0 Å². The number of ether oxygens (including phenoxy) is 2. The van der Waals surface area contributed by atoms with Gasteiger partial charge in [-0.25, -0.2) is 0 Å². The van der Waals surface area contributed by atoms with Crippen molar-refractivity contribution in [1.29, 1.82) is 5.26 Å². The van der Waals surface area contributed by atoms with E-state index >= 15 is 0 Å². The minimum absolute atomic E-state index is 0.103. The maximum Gasteiger partial charge on any atom is 0.268 e. The molecule has 34 heavy (non-hydrogen) atoms. The highest BCUT2D eigenvalue weighted by Gasteiger charge is 2.19. The summed E-state index contributed by atoms with van der Waals surface area (Å²) in [5.74, 6) is 0.203. The molecule has 1 N–H and O–H groups in total. The van der Waals surface area contributed by atoms with Crippen LogP contribution in [-0.2, 0) is 11.4 Å². The molecule has 1 aliphatic rings. The average molecular weight is 496 g/mol. The molecule has 10 heteroatoms. The molecular formula is C24H22ClN5O3S. The van der Waals surface area contributed by atoms with Gasteiger partial charge in [-0.1, -0.05) is 53.3 Å². The van der Waals surface area contributed by atoms with Gasteiger partial charge in [-0.05, 0) is 42.2 Å². The Kier molecular flexibility index (Phi) is 7.62. The summed E-state index contributed by atoms with van der Waals surface area (Å²) in [6.45, 7) is 2.18. The molecular weight excluding hydrogens is 474 g/mol. The molecule has 2 aromatic carbocycles. The summed E-state index contributed by atoms with van der Waals surface area (Å²) in [6.07, 6.45) is 3.67. The van der Waals surface area contributed by atoms with E-state index in [2.05, 4.69) is 20.4 Å². The molecule has 2 heterocycles. The molecule has 0 unspecified atom stereocenters. The molecule has 1 amide bonds. The lowest BCUT2D eigenvalue weighted by atomic mass is 10.1. The second-order valence-corrected chi connectivity index (χ2v) is 8.88. The zero-order chi connectivity index (χ0) is 23.9. The third-order valence-corrected chi connectivity index (χ3v) is 6.35. The fourth-order valence-electron chi connectivity index (χ4n) is 3.47. The van der Waals surface area contributed by atoms with E-state index < -0.39 is 5.91 Å². The van der Waals surface area contributed by atoms with Crippen molar-refractivity contribution in [3.63, 3.8) is 0 Å². The fraction of sp³-hybridized carbons (Fsp3) is 0.250. The lowest BCUT2D eigenvalue weighted by Crippen LogP contribution is -2.17. The standard InChI is InChI=1S/C24H22ClN5O3S/c1-32-20-13-17(12-19(25)21(20)33-15-16-7-3-2-4-8-16)11-18(14-26)22(31)27-23-28-29-24(34-23)30-9-5-6-10-30/h2-4,7-8,11-13H,5-6,9-10,15H2,1H3,(H,27,28,31)/b18-11-. The maximum absolute atomic E-state index is 12.7. The van der Waals surface area contributed by atoms with Gasteiger partial charge in [-0.15, -0.1) is 10.2 Å². The van der Waals surface area contributed by atoms with E-state index in [1.54, 1.807) is 12.1 Å². The van der Waals surface area contributed by atoms with Gasteiger partial charge in [0.1, 0.15) is 18.2 Å². The molecule has 3 aromatic rings. The molecule has 0 saturated carbocycles. The predicted molar refractivity (Wildman–Crippen MR) is 132 cm³/mol. The van der Waals surface area contributed by atoms with Crippen LogP contribution in [0.2, 0.25) is 5.02 Å². The highest BCUT2D eigenvalue weighted by atomic mass is 35.5. The molecule has 174 valence electrons. The number of hydrogen-bond donors (Lipinski definition) is 1. The topological polar surface area (TPSA) is 100 Å². The minimum Gasteiger partial charge on any atom is -0.493 e. The SMILES string of the molecule is COc1cc(/C=C(/C#N)C(=O)Nc2nnc(N3CCCC3)s2)cc(Cl)c1OCc1ccccc1. The van der Waals surface area contributed by atoms with Crippen molar-refractivity contribution < 1.29 is 14.3 Å². The third-order valence-electron chi connectivity index (χ3n) is 5.17. The first-order valence-corrected chi connectivity index (χ1v) is 11.8. The van der Waals surface area contributed by atoms with Gasteiger partial charge in [0.25, 0.3) is 5.91 Å². The molecule has 0 bridgehead atoms. The van der Waals surface area contributed by atoms with E-state index in [1.807, 2.05) is 36.4 Å². The maximum atomic E-state index is 12.7. The fourth-order valence-corrected chi connectivity index (χ4v) is 4.54. The lowest BCUT2D eigenvalue weighted by Gasteiger charge is -2.13. The van der Waals surface area contributed by atoms with Gasteiger partial charge < -0.3 is 14.4 Å². The van der Waals surface area contributed by atoms with Crippen LogP contribution in [0.1, 0.15) is 24.0 Å². The van der Waals surface area contributed by atoms with Gasteiger partial charge in [-0.3, -0.25) is 10.1 Å². The van der Waals surface area contributed by atoms with Crippen molar-refractivity contribution in [1.82, 2.24) is 10.2 Å². The Balaban J connectivity index is 1.49. The van der Waals surface area contributed by atoms with Crippen LogP contribution >= 0.6 is 22.9 Å². The van der Waals surface area contributed by atoms with E-state index in [9.17, 15) is 10.1 Å². The quantitative estimate of drug-likeness (QED) is 0.349. The van der Waals surface area contributed by atoms with Gasteiger partial charge in [0, 0.05) is 13.1 Å². The normalized spacial score (nSPS) is 13.4. The predicted octanol–water partition coefficient (Wildman–Crippen LogP) is 4.92. The first kappa shape index (κ1) is 23.5. The molecule has 0 radical (unpaired) electrons. The van der Waals surface area contributed by atoms with Crippen molar-refractivity contribution in [2.45, 2.75) is 19.4 Å². The molecule has 8 nitrogen and oxygen atoms in total. The van der Waals surface area contributed by atoms with Gasteiger partial charge in [0.15, 0.2) is 11.5 Å². The number of hydrogen-bond acceptors (Lipinski definition) is 8. The van der Waals surface area contributed by atoms with Crippen LogP contribution in [0, 0.1) is 11.3 Å². The monoisotopic (exact) mass is 495 g/mol. The zero-order valence-corrected chi connectivity index (χ0v) is 20.0. The number of benzene rings is 2. The summed E-state index contributed by atoms with van der Waals surface area (Å²) in [6, 6.07) is 14.9. The van der Waals surface area contributed by atoms with E-state index in [1.165, 1.54) is 24.5 Å². The molecule has 0 spiro atoms. The second kappa shape index (κ2) is 11.0. The first-order valence-electron chi connectivity index (χ1n) is 10.6. The van der Waals surface area contributed by atoms with Crippen LogP contribution in [0.3, 0.4) is 0 Å². The van der Waals surface area contributed by atoms with Gasteiger partial charge in [-0.2, -0.15) is 5.26 Å². The van der Waals surface area contributed by atoms with E-state index in [4.69, 9.17) is 21.1 Å². The van der Waals surface area contributed by atoms with Crippen molar-refractivity contribution in [2.24, 2.45) is 0 Å². The Hall–Kier alpha value is -3.61. The molecule has 1 saturated heterocycles. The number of methoxy groups -OCH3 is 1. The summed E-state index contributed by atoms with van der Waals surface area (Å²) >= 11 is 7.73. The molecule has 1 aliphatic heterocycles. The van der Waals surface area contributed by atoms with Crippen LogP contribution < -0.4 is 19.7 Å². The number of nitrogens with one attached hydrogen (secondary N) is 1. The number of carbonyl (C=O) groups is 1. The van der Waals surface area contributed by atoms with E-state index in [0.29, 0.717) is 33.8 Å². The molecule has 4 rings (SSSR count). The Labute approximate surface area is 206 Å². The molecule has 1 aromatic heterocycles. The first-order chi connectivity index (χ1) is 16.6. The summed E-state index contributed by atoms with van der Waals surface area (Å²) in [5, 5.41) is 21.8. The van der Waals surface area contributed by atoms with Crippen LogP contribution in [0.4, 0.5) is 10.3 Å². The smallest absolute Gasteiger partial charge is 0.268 e. The highest BCUT2D eigenvalue weighted by molar-refractivity contribution is 7.19. The number of aromatic nitrogens is 2. The largest absolute Gasteiger partial charge is 0.493 e. The Morgan fingerprint density at radius 1 is 1.26 bits per heavy atom. The Morgan fingerprint density at radius 3 is 2.74 bits per heavy atom. The summed E-state index contributed by atoms with van der Waals surface area (Å²) < 4.78 is 11.3. The van der Waals surface area contributed by atoms with E-state index in [0.717, 1.165) is 36.6 Å². The van der Waals surface area contributed by atoms with E-state index in [-0.39, 0.29) is 5.57 Å². The van der Waals surface area contributed by atoms with Crippen molar-refractivity contribution >= 4 is 45.2 Å². The Bertz CT molecular complexity index is 1230. The zero-order valence-electron chi connectivity index (χ0n) is 18.5. The molecule has 1 fully saturated rings. The summed E-state index contributed by atoms with van der Waals surface area (Å²) in [5.41, 5.74) is 1.40. The second-order valence-electron chi connectivity index (χ2n) is 7.52. The van der Waals surface area contributed by atoms with Crippen LogP contribution in [0.25, 0.3) is 6.08 Å². The van der Waals surface area contributed by atoms with Crippen molar-refractivity contribution in [2.75, 3.05) is 30.4 Å². The van der Waals surface area contributed by atoms with Gasteiger partial charge in [0.05, 0.1) is 12.1 Å². The number of rotatable bonds is 8. The number of anilines is 2. The number of halogens is 1. The van der Waals surface area contributed by atoms with Crippen LogP contribution in [0.15, 0.2) is 48.0 Å². The average Bonchev–Trinajstić information content (AvgIpc) is 3.54. The number of nitrogens with zero attached hydrogens (tertiary/aromatic N) is 4. The van der Waals surface area contributed by atoms with Crippen molar-refractivity contribution in [3.05, 3.63) is 64.2 Å². The van der Waals surface area contributed by atoms with Crippen LogP contribution in [-0.4, -0.2) is 36.3 Å². The third kappa shape index (κ3) is 5.65.